The first kappa shape index (κ1) is 18.1. The minimum absolute atomic E-state index is 0.0448. The summed E-state index contributed by atoms with van der Waals surface area (Å²) in [5, 5.41) is 7.55. The summed E-state index contributed by atoms with van der Waals surface area (Å²) in [7, 11) is 1.62. The maximum absolute atomic E-state index is 12.5. The molecule has 0 bridgehead atoms. The zero-order valence-corrected chi connectivity index (χ0v) is 16.2. The van der Waals surface area contributed by atoms with Gasteiger partial charge in [0.05, 0.1) is 25.6 Å². The SMILES string of the molecule is CCOc1c(OC)cccc1[C@@H]1CC(=O)Nc2c1cnn2-c1ccc(C)cc1. The second-order valence-electron chi connectivity index (χ2n) is 6.81. The molecule has 28 heavy (non-hydrogen) atoms. The molecule has 0 unspecified atom stereocenters. The normalized spacial score (nSPS) is 15.7. The van der Waals surface area contributed by atoms with Crippen LogP contribution in [-0.2, 0) is 4.79 Å². The molecule has 0 saturated heterocycles. The van der Waals surface area contributed by atoms with Crippen molar-refractivity contribution in [2.75, 3.05) is 19.0 Å². The van der Waals surface area contributed by atoms with E-state index in [9.17, 15) is 4.79 Å². The Bertz CT molecular complexity index is 1010. The van der Waals surface area contributed by atoms with E-state index in [-0.39, 0.29) is 11.8 Å². The van der Waals surface area contributed by atoms with Gasteiger partial charge in [0, 0.05) is 23.5 Å². The lowest BCUT2D eigenvalue weighted by molar-refractivity contribution is -0.116. The minimum Gasteiger partial charge on any atom is -0.493 e. The van der Waals surface area contributed by atoms with Crippen molar-refractivity contribution in [3.8, 4) is 17.2 Å². The molecule has 0 saturated carbocycles. The second kappa shape index (κ2) is 7.38. The summed E-state index contributed by atoms with van der Waals surface area (Å²) in [6.45, 7) is 4.49. The van der Waals surface area contributed by atoms with E-state index in [0.29, 0.717) is 30.3 Å². The van der Waals surface area contributed by atoms with Crippen molar-refractivity contribution in [1.82, 2.24) is 9.78 Å². The van der Waals surface area contributed by atoms with Gasteiger partial charge in [-0.05, 0) is 32.0 Å². The summed E-state index contributed by atoms with van der Waals surface area (Å²) in [4.78, 5) is 12.5. The number of anilines is 1. The van der Waals surface area contributed by atoms with Crippen molar-refractivity contribution < 1.29 is 14.3 Å². The molecule has 2 heterocycles. The van der Waals surface area contributed by atoms with Crippen LogP contribution >= 0.6 is 0 Å². The van der Waals surface area contributed by atoms with E-state index in [1.165, 1.54) is 5.56 Å². The van der Waals surface area contributed by atoms with Crippen LogP contribution in [0, 0.1) is 6.92 Å². The predicted molar refractivity (Wildman–Crippen MR) is 108 cm³/mol. The van der Waals surface area contributed by atoms with Crippen molar-refractivity contribution in [3.05, 3.63) is 65.4 Å². The fourth-order valence-corrected chi connectivity index (χ4v) is 3.65. The van der Waals surface area contributed by atoms with Crippen molar-refractivity contribution in [2.24, 2.45) is 0 Å². The Balaban J connectivity index is 1.83. The first-order valence-corrected chi connectivity index (χ1v) is 9.37. The number of methoxy groups -OCH3 is 1. The standard InChI is InChI=1S/C22H23N3O3/c1-4-28-21-16(6-5-7-19(21)27-3)17-12-20(26)24-22-18(17)13-23-25(22)15-10-8-14(2)9-11-15/h5-11,13,17H,4,12H2,1-3H3,(H,24,26)/t17-/m0/s1. The number of ether oxygens (including phenoxy) is 2. The number of fused-ring (bicyclic) bond motifs is 1. The number of hydrogen-bond acceptors (Lipinski definition) is 4. The van der Waals surface area contributed by atoms with Crippen LogP contribution in [0.5, 0.6) is 11.5 Å². The number of aryl methyl sites for hydroxylation is 1. The molecule has 1 atom stereocenters. The molecule has 6 nitrogen and oxygen atoms in total. The molecule has 0 radical (unpaired) electrons. The summed E-state index contributed by atoms with van der Waals surface area (Å²) in [6.07, 6.45) is 2.16. The zero-order chi connectivity index (χ0) is 19.7. The number of nitrogens with one attached hydrogen (secondary N) is 1. The number of aromatic nitrogens is 2. The van der Waals surface area contributed by atoms with E-state index in [2.05, 4.69) is 10.4 Å². The summed E-state index contributed by atoms with van der Waals surface area (Å²) < 4.78 is 13.1. The zero-order valence-electron chi connectivity index (χ0n) is 16.2. The fraction of sp³-hybridized carbons (Fsp3) is 0.273. The van der Waals surface area contributed by atoms with E-state index in [0.717, 1.165) is 16.8 Å². The molecule has 1 aromatic heterocycles. The van der Waals surface area contributed by atoms with E-state index in [1.54, 1.807) is 11.8 Å². The van der Waals surface area contributed by atoms with Crippen LogP contribution in [0.15, 0.2) is 48.7 Å². The van der Waals surface area contributed by atoms with Crippen molar-refractivity contribution in [1.29, 1.82) is 0 Å². The van der Waals surface area contributed by atoms with E-state index in [1.807, 2.05) is 62.5 Å². The van der Waals surface area contributed by atoms with Crippen LogP contribution in [0.4, 0.5) is 5.82 Å². The van der Waals surface area contributed by atoms with Crippen LogP contribution in [-0.4, -0.2) is 29.4 Å². The van der Waals surface area contributed by atoms with Crippen LogP contribution < -0.4 is 14.8 Å². The van der Waals surface area contributed by atoms with E-state index in [4.69, 9.17) is 9.47 Å². The highest BCUT2D eigenvalue weighted by molar-refractivity contribution is 5.94. The third-order valence-electron chi connectivity index (χ3n) is 4.99. The molecule has 1 aliphatic heterocycles. The van der Waals surface area contributed by atoms with E-state index >= 15 is 0 Å². The largest absolute Gasteiger partial charge is 0.493 e. The first-order chi connectivity index (χ1) is 13.6. The molecule has 1 amide bonds. The molecule has 0 fully saturated rings. The molecule has 3 aromatic rings. The highest BCUT2D eigenvalue weighted by Crippen LogP contribution is 2.44. The second-order valence-corrected chi connectivity index (χ2v) is 6.81. The lowest BCUT2D eigenvalue weighted by Gasteiger charge is -2.26. The maximum Gasteiger partial charge on any atom is 0.226 e. The molecule has 1 N–H and O–H groups in total. The van der Waals surface area contributed by atoms with Gasteiger partial charge < -0.3 is 14.8 Å². The highest BCUT2D eigenvalue weighted by atomic mass is 16.5. The predicted octanol–water partition coefficient (Wildman–Crippen LogP) is 4.06. The highest BCUT2D eigenvalue weighted by Gasteiger charge is 2.33. The quantitative estimate of drug-likeness (QED) is 0.728. The summed E-state index contributed by atoms with van der Waals surface area (Å²) in [6, 6.07) is 13.8. The van der Waals surface area contributed by atoms with Gasteiger partial charge in [0.25, 0.3) is 0 Å². The molecule has 0 aliphatic carbocycles. The molecule has 144 valence electrons. The molecular weight excluding hydrogens is 354 g/mol. The van der Waals surface area contributed by atoms with Crippen molar-refractivity contribution >= 4 is 11.7 Å². The lowest BCUT2D eigenvalue weighted by Crippen LogP contribution is -2.25. The van der Waals surface area contributed by atoms with Gasteiger partial charge in [-0.15, -0.1) is 0 Å². The van der Waals surface area contributed by atoms with Crippen LogP contribution in [0.25, 0.3) is 5.69 Å². The van der Waals surface area contributed by atoms with Crippen molar-refractivity contribution in [3.63, 3.8) is 0 Å². The molecule has 1 aliphatic rings. The van der Waals surface area contributed by atoms with Gasteiger partial charge >= 0.3 is 0 Å². The third kappa shape index (κ3) is 3.11. The van der Waals surface area contributed by atoms with Gasteiger partial charge in [0.2, 0.25) is 5.91 Å². The summed E-state index contributed by atoms with van der Waals surface area (Å²) in [5.41, 5.74) is 3.98. The third-order valence-corrected chi connectivity index (χ3v) is 4.99. The average Bonchev–Trinajstić information content (AvgIpc) is 3.12. The number of hydrogen-bond donors (Lipinski definition) is 1. The van der Waals surface area contributed by atoms with Gasteiger partial charge in [-0.2, -0.15) is 5.10 Å². The van der Waals surface area contributed by atoms with Gasteiger partial charge in [-0.3, -0.25) is 4.79 Å². The summed E-state index contributed by atoms with van der Waals surface area (Å²) in [5.74, 6) is 1.85. The molecule has 0 spiro atoms. The van der Waals surface area contributed by atoms with Crippen LogP contribution in [0.2, 0.25) is 0 Å². The maximum atomic E-state index is 12.5. The Kier molecular flexibility index (Phi) is 4.77. The number of nitrogens with zero attached hydrogens (tertiary/aromatic N) is 2. The Hall–Kier alpha value is -3.28. The van der Waals surface area contributed by atoms with Gasteiger partial charge in [0.15, 0.2) is 11.5 Å². The average molecular weight is 377 g/mol. The number of para-hydroxylation sites is 1. The monoisotopic (exact) mass is 377 g/mol. The number of amides is 1. The van der Waals surface area contributed by atoms with Gasteiger partial charge in [0.1, 0.15) is 5.82 Å². The van der Waals surface area contributed by atoms with Gasteiger partial charge in [-0.1, -0.05) is 29.8 Å². The molecule has 2 aromatic carbocycles. The topological polar surface area (TPSA) is 65.4 Å². The Morgan fingerprint density at radius 2 is 1.96 bits per heavy atom. The molecule has 6 heteroatoms. The Labute approximate surface area is 164 Å². The van der Waals surface area contributed by atoms with E-state index < -0.39 is 0 Å². The minimum atomic E-state index is -0.153. The number of rotatable bonds is 5. The first-order valence-electron chi connectivity index (χ1n) is 9.37. The van der Waals surface area contributed by atoms with Crippen LogP contribution in [0.3, 0.4) is 0 Å². The Morgan fingerprint density at radius 3 is 2.68 bits per heavy atom. The number of carbonyl (C=O) groups excluding carboxylic acids is 1. The van der Waals surface area contributed by atoms with Crippen molar-refractivity contribution in [2.45, 2.75) is 26.2 Å². The lowest BCUT2D eigenvalue weighted by atomic mass is 9.86. The smallest absolute Gasteiger partial charge is 0.226 e. The fourth-order valence-electron chi connectivity index (χ4n) is 3.65. The number of benzene rings is 2. The summed E-state index contributed by atoms with van der Waals surface area (Å²) >= 11 is 0. The van der Waals surface area contributed by atoms with Gasteiger partial charge in [-0.25, -0.2) is 4.68 Å². The number of carbonyl (C=O) groups is 1. The van der Waals surface area contributed by atoms with Crippen LogP contribution in [0.1, 0.15) is 36.0 Å². The molecular formula is C22H23N3O3. The Morgan fingerprint density at radius 1 is 1.18 bits per heavy atom. The molecule has 4 rings (SSSR count).